The molecule has 0 saturated carbocycles. The van der Waals surface area contributed by atoms with Crippen LogP contribution in [0.1, 0.15) is 175 Å². The Kier molecular flexibility index (Phi) is 58.7. The molecule has 0 rings (SSSR count). The molecular formula is C30H63LaO3. The summed E-state index contributed by atoms with van der Waals surface area (Å²) in [4.78, 5) is 0. The van der Waals surface area contributed by atoms with E-state index >= 15 is 0 Å². The second-order valence-electron chi connectivity index (χ2n) is 9.54. The van der Waals surface area contributed by atoms with E-state index in [1.165, 1.54) is 116 Å². The van der Waals surface area contributed by atoms with Gasteiger partial charge in [-0.1, -0.05) is 175 Å². The summed E-state index contributed by atoms with van der Waals surface area (Å²) in [6.07, 6.45) is 30.2. The van der Waals surface area contributed by atoms with Gasteiger partial charge in [0.15, 0.2) is 0 Å². The smallest absolute Gasteiger partial charge is 0.854 e. The fraction of sp³-hybridized carbons (Fsp3) is 1.00. The molecule has 0 aliphatic heterocycles. The first-order chi connectivity index (χ1) is 16.2. The van der Waals surface area contributed by atoms with E-state index in [2.05, 4.69) is 20.8 Å². The van der Waals surface area contributed by atoms with Crippen LogP contribution in [0.4, 0.5) is 0 Å². The van der Waals surface area contributed by atoms with E-state index < -0.39 is 0 Å². The van der Waals surface area contributed by atoms with Crippen LogP contribution in [0.3, 0.4) is 0 Å². The summed E-state index contributed by atoms with van der Waals surface area (Å²) < 4.78 is 0. The molecule has 0 unspecified atom stereocenters. The third-order valence-electron chi connectivity index (χ3n) is 5.99. The van der Waals surface area contributed by atoms with Crippen LogP contribution >= 0.6 is 0 Å². The van der Waals surface area contributed by atoms with Crippen molar-refractivity contribution >= 4 is 0 Å². The Labute approximate surface area is 244 Å². The van der Waals surface area contributed by atoms with Gasteiger partial charge >= 0.3 is 35.6 Å². The van der Waals surface area contributed by atoms with Crippen molar-refractivity contribution in [1.29, 1.82) is 0 Å². The van der Waals surface area contributed by atoms with E-state index in [1.807, 2.05) is 0 Å². The third kappa shape index (κ3) is 54.1. The minimum absolute atomic E-state index is 0. The summed E-state index contributed by atoms with van der Waals surface area (Å²) in [5, 5.41) is 30.2. The molecule has 0 saturated heterocycles. The van der Waals surface area contributed by atoms with Gasteiger partial charge in [-0.05, 0) is 0 Å². The minimum Gasteiger partial charge on any atom is -0.854 e. The monoisotopic (exact) mass is 610 g/mol. The molecule has 0 aromatic carbocycles. The first-order valence-corrected chi connectivity index (χ1v) is 15.0. The van der Waals surface area contributed by atoms with Crippen molar-refractivity contribution in [3.63, 3.8) is 0 Å². The van der Waals surface area contributed by atoms with Crippen molar-refractivity contribution in [2.24, 2.45) is 0 Å². The fourth-order valence-electron chi connectivity index (χ4n) is 3.71. The maximum atomic E-state index is 10.1. The average molecular weight is 611 g/mol. The molecule has 0 spiro atoms. The molecule has 3 nitrogen and oxygen atoms in total. The second kappa shape index (κ2) is 47.3. The molecule has 0 fully saturated rings. The van der Waals surface area contributed by atoms with Crippen molar-refractivity contribution in [2.75, 3.05) is 19.8 Å². The van der Waals surface area contributed by atoms with Gasteiger partial charge in [-0.2, -0.15) is 0 Å². The molecule has 0 amide bonds. The van der Waals surface area contributed by atoms with Gasteiger partial charge in [0.1, 0.15) is 0 Å². The minimum atomic E-state index is 0. The average Bonchev–Trinajstić information content (AvgIpc) is 2.83. The van der Waals surface area contributed by atoms with Crippen LogP contribution in [0, 0.1) is 35.6 Å². The predicted octanol–water partition coefficient (Wildman–Crippen LogP) is 7.46. The zero-order chi connectivity index (χ0) is 25.1. The Morgan fingerprint density at radius 2 is 0.412 bits per heavy atom. The molecular weight excluding hydrogens is 547 g/mol. The van der Waals surface area contributed by atoms with Crippen molar-refractivity contribution in [2.45, 2.75) is 175 Å². The van der Waals surface area contributed by atoms with Gasteiger partial charge in [-0.3, -0.25) is 0 Å². The summed E-state index contributed by atoms with van der Waals surface area (Å²) in [6, 6.07) is 0. The normalized spacial score (nSPS) is 10.1. The van der Waals surface area contributed by atoms with E-state index in [-0.39, 0.29) is 55.4 Å². The summed E-state index contributed by atoms with van der Waals surface area (Å²) in [5.41, 5.74) is 0. The van der Waals surface area contributed by atoms with Crippen molar-refractivity contribution in [3.05, 3.63) is 0 Å². The second-order valence-corrected chi connectivity index (χ2v) is 9.54. The van der Waals surface area contributed by atoms with Crippen LogP contribution in [0.25, 0.3) is 0 Å². The predicted molar refractivity (Wildman–Crippen MR) is 142 cm³/mol. The molecule has 204 valence electrons. The van der Waals surface area contributed by atoms with Crippen LogP contribution in [0.2, 0.25) is 0 Å². The molecule has 0 aromatic heterocycles. The van der Waals surface area contributed by atoms with Gasteiger partial charge in [0.2, 0.25) is 0 Å². The molecule has 0 atom stereocenters. The molecule has 0 radical (unpaired) electrons. The Morgan fingerprint density at radius 3 is 0.559 bits per heavy atom. The van der Waals surface area contributed by atoms with E-state index in [1.54, 1.807) is 0 Å². The standard InChI is InChI=1S/3C10H21O.La/c3*1-2-3-4-5-6-7-8-9-10-11;/h3*2-10H2,1H3;/q3*-1;+3. The zero-order valence-electron chi connectivity index (χ0n) is 23.9. The van der Waals surface area contributed by atoms with Crippen LogP contribution in [-0.2, 0) is 0 Å². The first kappa shape index (κ1) is 42.2. The van der Waals surface area contributed by atoms with Crippen LogP contribution in [0.15, 0.2) is 0 Å². The van der Waals surface area contributed by atoms with Gasteiger partial charge in [-0.25, -0.2) is 0 Å². The topological polar surface area (TPSA) is 69.2 Å². The molecule has 4 heteroatoms. The number of hydrogen-bond acceptors (Lipinski definition) is 3. The van der Waals surface area contributed by atoms with Crippen LogP contribution < -0.4 is 15.3 Å². The first-order valence-electron chi connectivity index (χ1n) is 15.0. The summed E-state index contributed by atoms with van der Waals surface area (Å²) in [7, 11) is 0. The van der Waals surface area contributed by atoms with E-state index in [0.29, 0.717) is 0 Å². The van der Waals surface area contributed by atoms with E-state index in [9.17, 15) is 15.3 Å². The Balaban J connectivity index is -0.000000196. The van der Waals surface area contributed by atoms with Gasteiger partial charge in [-0.15, -0.1) is 19.8 Å². The van der Waals surface area contributed by atoms with Crippen LogP contribution in [-0.4, -0.2) is 19.8 Å². The molecule has 0 aliphatic rings. The molecule has 0 aromatic rings. The molecule has 34 heavy (non-hydrogen) atoms. The van der Waals surface area contributed by atoms with Crippen molar-refractivity contribution in [1.82, 2.24) is 0 Å². The van der Waals surface area contributed by atoms with Crippen molar-refractivity contribution < 1.29 is 50.9 Å². The maximum Gasteiger partial charge on any atom is 3.00 e. The van der Waals surface area contributed by atoms with Gasteiger partial charge < -0.3 is 15.3 Å². The number of rotatable bonds is 24. The maximum absolute atomic E-state index is 10.1. The summed E-state index contributed by atoms with van der Waals surface area (Å²) >= 11 is 0. The SMILES string of the molecule is CCCCCCCCCC[O-].CCCCCCCCCC[O-].CCCCCCCCCC[O-].[La+3]. The molecule has 0 bridgehead atoms. The summed E-state index contributed by atoms with van der Waals surface area (Å²) in [6.45, 7) is 7.06. The zero-order valence-corrected chi connectivity index (χ0v) is 27.5. The van der Waals surface area contributed by atoms with Gasteiger partial charge in [0.05, 0.1) is 0 Å². The Morgan fingerprint density at radius 1 is 0.265 bits per heavy atom. The number of hydrogen-bond donors (Lipinski definition) is 0. The third-order valence-corrected chi connectivity index (χ3v) is 5.99. The summed E-state index contributed by atoms with van der Waals surface area (Å²) in [5.74, 6) is 0. The molecule has 0 heterocycles. The molecule has 0 N–H and O–H groups in total. The number of unbranched alkanes of at least 4 members (excludes halogenated alkanes) is 21. The van der Waals surface area contributed by atoms with Gasteiger partial charge in [0.25, 0.3) is 0 Å². The van der Waals surface area contributed by atoms with Crippen molar-refractivity contribution in [3.8, 4) is 0 Å². The fourth-order valence-corrected chi connectivity index (χ4v) is 3.71. The quantitative estimate of drug-likeness (QED) is 0.107. The molecule has 0 aliphatic carbocycles. The van der Waals surface area contributed by atoms with Crippen LogP contribution in [0.5, 0.6) is 0 Å². The van der Waals surface area contributed by atoms with E-state index in [4.69, 9.17) is 0 Å². The Bertz CT molecular complexity index is 211. The largest absolute Gasteiger partial charge is 3.00 e. The van der Waals surface area contributed by atoms with Gasteiger partial charge in [0, 0.05) is 0 Å². The van der Waals surface area contributed by atoms with E-state index in [0.717, 1.165) is 38.5 Å². The Hall–Kier alpha value is 1.07.